The number of aldehydes is 1. The molecular formula is C20H22N2O5S. The van der Waals surface area contributed by atoms with Crippen LogP contribution in [0.5, 0.6) is 5.75 Å². The SMILES string of the molecule is O=Cc1ccccc1OCC(=O)Nc1ccc(S(=O)(=O)N2CCCCC2)cc1. The van der Waals surface area contributed by atoms with E-state index in [9.17, 15) is 18.0 Å². The van der Waals surface area contributed by atoms with Crippen molar-refractivity contribution in [2.24, 2.45) is 0 Å². The largest absolute Gasteiger partial charge is 0.483 e. The molecule has 7 nitrogen and oxygen atoms in total. The number of carbonyl (C=O) groups excluding carboxylic acids is 2. The predicted octanol–water partition coefficient (Wildman–Crippen LogP) is 2.69. The van der Waals surface area contributed by atoms with E-state index >= 15 is 0 Å². The van der Waals surface area contributed by atoms with Gasteiger partial charge >= 0.3 is 0 Å². The molecule has 1 aliphatic rings. The maximum atomic E-state index is 12.6. The third-order valence-corrected chi connectivity index (χ3v) is 6.41. The normalized spacial score (nSPS) is 15.0. The number of para-hydroxylation sites is 1. The number of hydrogen-bond acceptors (Lipinski definition) is 5. The van der Waals surface area contributed by atoms with Crippen molar-refractivity contribution < 1.29 is 22.7 Å². The van der Waals surface area contributed by atoms with E-state index in [0.29, 0.717) is 36.4 Å². The second-order valence-electron chi connectivity index (χ2n) is 6.48. The molecule has 1 fully saturated rings. The smallest absolute Gasteiger partial charge is 0.262 e. The first-order valence-corrected chi connectivity index (χ1v) is 10.5. The monoisotopic (exact) mass is 402 g/mol. The predicted molar refractivity (Wildman–Crippen MR) is 105 cm³/mol. The molecule has 1 heterocycles. The number of nitrogens with zero attached hydrogens (tertiary/aromatic N) is 1. The van der Waals surface area contributed by atoms with Crippen LogP contribution in [0.3, 0.4) is 0 Å². The Labute approximate surface area is 164 Å². The fourth-order valence-electron chi connectivity index (χ4n) is 3.01. The minimum atomic E-state index is -3.50. The molecule has 28 heavy (non-hydrogen) atoms. The van der Waals surface area contributed by atoms with Crippen LogP contribution in [0.2, 0.25) is 0 Å². The number of anilines is 1. The molecule has 0 unspecified atom stereocenters. The first kappa shape index (κ1) is 20.0. The van der Waals surface area contributed by atoms with Gasteiger partial charge < -0.3 is 10.1 Å². The van der Waals surface area contributed by atoms with Crippen LogP contribution in [-0.4, -0.2) is 44.6 Å². The van der Waals surface area contributed by atoms with Crippen molar-refractivity contribution >= 4 is 27.9 Å². The summed E-state index contributed by atoms with van der Waals surface area (Å²) in [5, 5.41) is 2.65. The first-order valence-electron chi connectivity index (χ1n) is 9.08. The molecule has 0 aromatic heterocycles. The molecule has 2 aromatic rings. The van der Waals surface area contributed by atoms with E-state index in [4.69, 9.17) is 4.74 Å². The highest BCUT2D eigenvalue weighted by atomic mass is 32.2. The van der Waals surface area contributed by atoms with E-state index in [-0.39, 0.29) is 11.5 Å². The summed E-state index contributed by atoms with van der Waals surface area (Å²) in [6.07, 6.45) is 3.46. The Morgan fingerprint density at radius 1 is 1.04 bits per heavy atom. The van der Waals surface area contributed by atoms with Gasteiger partial charge in [-0.25, -0.2) is 8.42 Å². The third-order valence-electron chi connectivity index (χ3n) is 4.50. The average molecular weight is 402 g/mol. The summed E-state index contributed by atoms with van der Waals surface area (Å²) in [5.74, 6) is -0.0806. The molecule has 1 amide bonds. The highest BCUT2D eigenvalue weighted by Crippen LogP contribution is 2.22. The van der Waals surface area contributed by atoms with Gasteiger partial charge in [-0.15, -0.1) is 0 Å². The summed E-state index contributed by atoms with van der Waals surface area (Å²) >= 11 is 0. The van der Waals surface area contributed by atoms with Gasteiger partial charge in [-0.3, -0.25) is 9.59 Å². The second kappa shape index (κ2) is 8.99. The molecule has 0 atom stereocenters. The van der Waals surface area contributed by atoms with E-state index in [1.165, 1.54) is 16.4 Å². The van der Waals surface area contributed by atoms with Crippen molar-refractivity contribution in [2.45, 2.75) is 24.2 Å². The lowest BCUT2D eigenvalue weighted by molar-refractivity contribution is -0.118. The summed E-state index contributed by atoms with van der Waals surface area (Å²) in [6.45, 7) is 0.819. The van der Waals surface area contributed by atoms with Crippen LogP contribution in [0.25, 0.3) is 0 Å². The Morgan fingerprint density at radius 2 is 1.71 bits per heavy atom. The van der Waals surface area contributed by atoms with E-state index in [1.807, 2.05) is 0 Å². The number of carbonyl (C=O) groups is 2. The molecule has 0 saturated carbocycles. The van der Waals surface area contributed by atoms with Crippen LogP contribution in [0.15, 0.2) is 53.4 Å². The van der Waals surface area contributed by atoms with Crippen LogP contribution in [0, 0.1) is 0 Å². The quantitative estimate of drug-likeness (QED) is 0.719. The Morgan fingerprint density at radius 3 is 2.39 bits per heavy atom. The maximum absolute atomic E-state index is 12.6. The van der Waals surface area contributed by atoms with E-state index in [0.717, 1.165) is 19.3 Å². The van der Waals surface area contributed by atoms with Gasteiger partial charge in [-0.1, -0.05) is 18.6 Å². The highest BCUT2D eigenvalue weighted by molar-refractivity contribution is 7.89. The number of rotatable bonds is 7. The minimum absolute atomic E-state index is 0.212. The number of sulfonamides is 1. The van der Waals surface area contributed by atoms with Crippen LogP contribution >= 0.6 is 0 Å². The van der Waals surface area contributed by atoms with Gasteiger partial charge in [0.1, 0.15) is 5.75 Å². The lowest BCUT2D eigenvalue weighted by Gasteiger charge is -2.25. The number of amides is 1. The first-order chi connectivity index (χ1) is 13.5. The van der Waals surface area contributed by atoms with Gasteiger partial charge in [0, 0.05) is 18.8 Å². The molecule has 0 spiro atoms. The Hall–Kier alpha value is -2.71. The zero-order valence-electron chi connectivity index (χ0n) is 15.3. The molecule has 148 valence electrons. The van der Waals surface area contributed by atoms with Gasteiger partial charge in [-0.05, 0) is 49.2 Å². The van der Waals surface area contributed by atoms with Gasteiger partial charge in [0.25, 0.3) is 5.91 Å². The van der Waals surface area contributed by atoms with Crippen LogP contribution in [0.1, 0.15) is 29.6 Å². The van der Waals surface area contributed by atoms with Crippen LogP contribution in [0.4, 0.5) is 5.69 Å². The number of piperidine rings is 1. The van der Waals surface area contributed by atoms with Crippen molar-refractivity contribution in [2.75, 3.05) is 25.0 Å². The summed E-state index contributed by atoms with van der Waals surface area (Å²) in [5.41, 5.74) is 0.831. The van der Waals surface area contributed by atoms with Crippen molar-refractivity contribution in [1.82, 2.24) is 4.31 Å². The van der Waals surface area contributed by atoms with Gasteiger partial charge in [0.15, 0.2) is 12.9 Å². The number of nitrogens with one attached hydrogen (secondary N) is 1. The zero-order valence-corrected chi connectivity index (χ0v) is 16.2. The highest BCUT2D eigenvalue weighted by Gasteiger charge is 2.25. The molecule has 2 aromatic carbocycles. The van der Waals surface area contributed by atoms with E-state index in [1.54, 1.807) is 36.4 Å². The lowest BCUT2D eigenvalue weighted by atomic mass is 10.2. The van der Waals surface area contributed by atoms with Crippen molar-refractivity contribution in [3.05, 3.63) is 54.1 Å². The molecule has 0 bridgehead atoms. The Bertz CT molecular complexity index is 935. The van der Waals surface area contributed by atoms with Crippen molar-refractivity contribution in [3.8, 4) is 5.75 Å². The molecule has 1 aliphatic heterocycles. The Kier molecular flexibility index (Phi) is 6.43. The standard InChI is InChI=1S/C20H22N2O5S/c23-14-16-6-2-3-7-19(16)27-15-20(24)21-17-8-10-18(11-9-17)28(25,26)22-12-4-1-5-13-22/h2-3,6-11,14H,1,4-5,12-13,15H2,(H,21,24). The topological polar surface area (TPSA) is 92.8 Å². The van der Waals surface area contributed by atoms with Crippen molar-refractivity contribution in [3.63, 3.8) is 0 Å². The number of hydrogen-bond donors (Lipinski definition) is 1. The summed E-state index contributed by atoms with van der Waals surface area (Å²) in [4.78, 5) is 23.2. The van der Waals surface area contributed by atoms with Crippen LogP contribution in [-0.2, 0) is 14.8 Å². The second-order valence-corrected chi connectivity index (χ2v) is 8.42. The van der Waals surface area contributed by atoms with Gasteiger partial charge in [0.2, 0.25) is 10.0 Å². The molecule has 8 heteroatoms. The van der Waals surface area contributed by atoms with Crippen LogP contribution < -0.4 is 10.1 Å². The zero-order chi connectivity index (χ0) is 20.0. The fraction of sp³-hybridized carbons (Fsp3) is 0.300. The average Bonchev–Trinajstić information content (AvgIpc) is 2.73. The lowest BCUT2D eigenvalue weighted by Crippen LogP contribution is -2.35. The van der Waals surface area contributed by atoms with E-state index < -0.39 is 15.9 Å². The number of benzene rings is 2. The van der Waals surface area contributed by atoms with Crippen molar-refractivity contribution in [1.29, 1.82) is 0 Å². The molecule has 1 N–H and O–H groups in total. The molecule has 0 radical (unpaired) electrons. The van der Waals surface area contributed by atoms with Gasteiger partial charge in [-0.2, -0.15) is 4.31 Å². The molecule has 0 aliphatic carbocycles. The third kappa shape index (κ3) is 4.76. The minimum Gasteiger partial charge on any atom is -0.483 e. The molecule has 1 saturated heterocycles. The maximum Gasteiger partial charge on any atom is 0.262 e. The molecular weight excluding hydrogens is 380 g/mol. The Balaban J connectivity index is 1.59. The summed E-state index contributed by atoms with van der Waals surface area (Å²) in [7, 11) is -3.50. The number of ether oxygens (including phenoxy) is 1. The molecule has 3 rings (SSSR count). The van der Waals surface area contributed by atoms with Gasteiger partial charge in [0.05, 0.1) is 10.5 Å². The summed E-state index contributed by atoms with van der Waals surface area (Å²) < 4.78 is 32.1. The fourth-order valence-corrected chi connectivity index (χ4v) is 4.53. The summed E-state index contributed by atoms with van der Waals surface area (Å²) in [6, 6.07) is 12.7. The van der Waals surface area contributed by atoms with E-state index in [2.05, 4.69) is 5.32 Å².